The second kappa shape index (κ2) is 3.97. The third-order valence-electron chi connectivity index (χ3n) is 2.53. The molecular formula is C11H13N3O2S. The first kappa shape index (κ1) is 11.8. The molecule has 0 unspecified atom stereocenters. The summed E-state index contributed by atoms with van der Waals surface area (Å²) in [5.41, 5.74) is 11.7. The van der Waals surface area contributed by atoms with Gasteiger partial charge in [-0.1, -0.05) is 17.4 Å². The molecule has 0 saturated carbocycles. The van der Waals surface area contributed by atoms with Crippen LogP contribution in [-0.4, -0.2) is 21.6 Å². The fourth-order valence-electron chi connectivity index (χ4n) is 1.60. The second-order valence-electron chi connectivity index (χ2n) is 4.25. The molecule has 0 aliphatic rings. The molecule has 0 spiro atoms. The summed E-state index contributed by atoms with van der Waals surface area (Å²) in [6.45, 7) is 1.50. The normalized spacial score (nSPS) is 14.7. The molecule has 6 heteroatoms. The predicted octanol–water partition coefficient (Wildman–Crippen LogP) is 1.22. The number of rotatable bonds is 3. The molecule has 0 radical (unpaired) electrons. The lowest BCUT2D eigenvalue weighted by molar-refractivity contribution is -0.142. The van der Waals surface area contributed by atoms with Crippen LogP contribution in [0, 0.1) is 0 Å². The van der Waals surface area contributed by atoms with Gasteiger partial charge < -0.3 is 16.6 Å². The van der Waals surface area contributed by atoms with Crippen LogP contribution < -0.4 is 11.5 Å². The smallest absolute Gasteiger partial charge is 0.323 e. The van der Waals surface area contributed by atoms with E-state index in [0.717, 1.165) is 15.8 Å². The van der Waals surface area contributed by atoms with Crippen LogP contribution in [0.3, 0.4) is 0 Å². The summed E-state index contributed by atoms with van der Waals surface area (Å²) in [6, 6.07) is 5.54. The number of hydrogen-bond acceptors (Lipinski definition) is 5. The molecule has 0 aliphatic heterocycles. The van der Waals surface area contributed by atoms with Crippen molar-refractivity contribution in [2.45, 2.75) is 18.9 Å². The number of nitrogen functional groups attached to an aromatic ring is 1. The SMILES string of the molecule is C[C@@](N)(Cc1ccc2nc(N)sc2c1)C(=O)O. The summed E-state index contributed by atoms with van der Waals surface area (Å²) in [6.07, 6.45) is 0.274. The third-order valence-corrected chi connectivity index (χ3v) is 3.38. The van der Waals surface area contributed by atoms with E-state index >= 15 is 0 Å². The van der Waals surface area contributed by atoms with Gasteiger partial charge in [-0.25, -0.2) is 4.98 Å². The molecule has 17 heavy (non-hydrogen) atoms. The van der Waals surface area contributed by atoms with Gasteiger partial charge in [-0.15, -0.1) is 0 Å². The quantitative estimate of drug-likeness (QED) is 0.761. The number of aliphatic carboxylic acids is 1. The van der Waals surface area contributed by atoms with Crippen LogP contribution in [0.25, 0.3) is 10.2 Å². The maximum absolute atomic E-state index is 10.9. The molecule has 1 heterocycles. The largest absolute Gasteiger partial charge is 0.480 e. The topological polar surface area (TPSA) is 102 Å². The van der Waals surface area contributed by atoms with Crippen LogP contribution in [0.1, 0.15) is 12.5 Å². The molecule has 1 aromatic carbocycles. The molecule has 2 aromatic rings. The number of aromatic nitrogens is 1. The predicted molar refractivity (Wildman–Crippen MR) is 68.0 cm³/mol. The lowest BCUT2D eigenvalue weighted by atomic mass is 9.94. The Balaban J connectivity index is 2.34. The van der Waals surface area contributed by atoms with E-state index in [2.05, 4.69) is 4.98 Å². The maximum Gasteiger partial charge on any atom is 0.323 e. The number of hydrogen-bond donors (Lipinski definition) is 3. The Morgan fingerprint density at radius 3 is 2.94 bits per heavy atom. The minimum atomic E-state index is -1.26. The lowest BCUT2D eigenvalue weighted by Gasteiger charge is -2.18. The molecular weight excluding hydrogens is 238 g/mol. The Labute approximate surface area is 102 Å². The van der Waals surface area contributed by atoms with Crippen LogP contribution >= 0.6 is 11.3 Å². The fraction of sp³-hybridized carbons (Fsp3) is 0.273. The molecule has 0 bridgehead atoms. The zero-order valence-electron chi connectivity index (χ0n) is 9.30. The van der Waals surface area contributed by atoms with E-state index in [0.29, 0.717) is 5.13 Å². The molecule has 0 saturated heterocycles. The van der Waals surface area contributed by atoms with Gasteiger partial charge in [-0.2, -0.15) is 0 Å². The highest BCUT2D eigenvalue weighted by molar-refractivity contribution is 7.22. The van der Waals surface area contributed by atoms with E-state index in [-0.39, 0.29) is 6.42 Å². The highest BCUT2D eigenvalue weighted by Crippen LogP contribution is 2.25. The van der Waals surface area contributed by atoms with E-state index in [1.807, 2.05) is 18.2 Å². The standard InChI is InChI=1S/C11H13N3O2S/c1-11(13,9(15)16)5-6-2-3-7-8(4-6)17-10(12)14-7/h2-4H,5,13H2,1H3,(H2,12,14)(H,15,16)/t11-/m1/s1. The molecule has 5 N–H and O–H groups in total. The first-order valence-corrected chi connectivity index (χ1v) is 5.87. The Hall–Kier alpha value is -1.66. The number of anilines is 1. The highest BCUT2D eigenvalue weighted by atomic mass is 32.1. The van der Waals surface area contributed by atoms with Crippen molar-refractivity contribution in [3.63, 3.8) is 0 Å². The van der Waals surface area contributed by atoms with Crippen molar-refractivity contribution in [2.75, 3.05) is 5.73 Å². The first-order chi connectivity index (χ1) is 7.88. The van der Waals surface area contributed by atoms with Gasteiger partial charge in [0.15, 0.2) is 5.13 Å². The van der Waals surface area contributed by atoms with Gasteiger partial charge in [0, 0.05) is 6.42 Å². The fourth-order valence-corrected chi connectivity index (χ4v) is 2.39. The number of carbonyl (C=O) groups is 1. The van der Waals surface area contributed by atoms with Crippen LogP contribution in [0.2, 0.25) is 0 Å². The van der Waals surface area contributed by atoms with E-state index in [1.165, 1.54) is 18.3 Å². The first-order valence-electron chi connectivity index (χ1n) is 5.06. The van der Waals surface area contributed by atoms with Crippen molar-refractivity contribution in [2.24, 2.45) is 5.73 Å². The number of benzene rings is 1. The lowest BCUT2D eigenvalue weighted by Crippen LogP contribution is -2.46. The summed E-state index contributed by atoms with van der Waals surface area (Å²) >= 11 is 1.38. The van der Waals surface area contributed by atoms with Crippen molar-refractivity contribution < 1.29 is 9.90 Å². The van der Waals surface area contributed by atoms with Crippen molar-refractivity contribution >= 4 is 32.7 Å². The van der Waals surface area contributed by atoms with Crippen molar-refractivity contribution in [1.82, 2.24) is 4.98 Å². The zero-order valence-corrected chi connectivity index (χ0v) is 10.1. The Kier molecular flexibility index (Phi) is 2.76. The van der Waals surface area contributed by atoms with Gasteiger partial charge in [0.2, 0.25) is 0 Å². The van der Waals surface area contributed by atoms with E-state index < -0.39 is 11.5 Å². The number of thiazole rings is 1. The monoisotopic (exact) mass is 251 g/mol. The van der Waals surface area contributed by atoms with Crippen LogP contribution in [0.4, 0.5) is 5.13 Å². The molecule has 5 nitrogen and oxygen atoms in total. The summed E-state index contributed by atoms with van der Waals surface area (Å²) < 4.78 is 0.946. The summed E-state index contributed by atoms with van der Waals surface area (Å²) in [4.78, 5) is 15.1. The average molecular weight is 251 g/mol. The minimum Gasteiger partial charge on any atom is -0.480 e. The van der Waals surface area contributed by atoms with Gasteiger partial charge in [0.05, 0.1) is 10.2 Å². The number of fused-ring (bicyclic) bond motifs is 1. The molecule has 0 amide bonds. The van der Waals surface area contributed by atoms with Gasteiger partial charge in [-0.05, 0) is 24.6 Å². The number of nitrogens with two attached hydrogens (primary N) is 2. The van der Waals surface area contributed by atoms with Gasteiger partial charge >= 0.3 is 5.97 Å². The maximum atomic E-state index is 10.9. The molecule has 0 aliphatic carbocycles. The van der Waals surface area contributed by atoms with Crippen LogP contribution in [-0.2, 0) is 11.2 Å². The van der Waals surface area contributed by atoms with Crippen molar-refractivity contribution in [3.8, 4) is 0 Å². The summed E-state index contributed by atoms with van der Waals surface area (Å²) in [5, 5.41) is 9.47. The Bertz CT molecular complexity index is 577. The van der Waals surface area contributed by atoms with Gasteiger partial charge in [0.1, 0.15) is 5.54 Å². The van der Waals surface area contributed by atoms with Crippen LogP contribution in [0.15, 0.2) is 18.2 Å². The third kappa shape index (κ3) is 2.37. The van der Waals surface area contributed by atoms with Crippen LogP contribution in [0.5, 0.6) is 0 Å². The molecule has 1 aromatic heterocycles. The van der Waals surface area contributed by atoms with Gasteiger partial charge in [-0.3, -0.25) is 4.79 Å². The molecule has 90 valence electrons. The van der Waals surface area contributed by atoms with E-state index in [4.69, 9.17) is 16.6 Å². The van der Waals surface area contributed by atoms with E-state index in [9.17, 15) is 4.79 Å². The summed E-state index contributed by atoms with van der Waals surface area (Å²) in [7, 11) is 0. The average Bonchev–Trinajstić information content (AvgIpc) is 2.56. The second-order valence-corrected chi connectivity index (χ2v) is 5.32. The Morgan fingerprint density at radius 2 is 2.29 bits per heavy atom. The van der Waals surface area contributed by atoms with Crippen molar-refractivity contribution in [3.05, 3.63) is 23.8 Å². The highest BCUT2D eigenvalue weighted by Gasteiger charge is 2.28. The molecule has 2 rings (SSSR count). The number of carboxylic acid groups (broad SMARTS) is 1. The van der Waals surface area contributed by atoms with E-state index in [1.54, 1.807) is 0 Å². The molecule has 1 atom stereocenters. The zero-order chi connectivity index (χ0) is 12.6. The summed E-state index contributed by atoms with van der Waals surface area (Å²) in [5.74, 6) is -1.01. The van der Waals surface area contributed by atoms with Gasteiger partial charge in [0.25, 0.3) is 0 Å². The minimum absolute atomic E-state index is 0.274. The Morgan fingerprint density at radius 1 is 1.59 bits per heavy atom. The number of carboxylic acids is 1. The van der Waals surface area contributed by atoms with Crippen molar-refractivity contribution in [1.29, 1.82) is 0 Å². The number of nitrogens with zero attached hydrogens (tertiary/aromatic N) is 1. The molecule has 0 fully saturated rings.